The third-order valence-corrected chi connectivity index (χ3v) is 5.72. The van der Waals surface area contributed by atoms with Crippen LogP contribution in [0.25, 0.3) is 0 Å². The van der Waals surface area contributed by atoms with Gasteiger partial charge in [-0.3, -0.25) is 19.3 Å². The van der Waals surface area contributed by atoms with Crippen molar-refractivity contribution in [3.8, 4) is 0 Å². The molecule has 0 saturated carbocycles. The van der Waals surface area contributed by atoms with Gasteiger partial charge in [0.2, 0.25) is 0 Å². The zero-order chi connectivity index (χ0) is 23.5. The van der Waals surface area contributed by atoms with Crippen molar-refractivity contribution in [2.75, 3.05) is 10.6 Å². The lowest BCUT2D eigenvalue weighted by Gasteiger charge is -2.15. The zero-order valence-corrected chi connectivity index (χ0v) is 19.1. The number of nitrogens with one attached hydrogen (secondary N) is 2. The van der Waals surface area contributed by atoms with Gasteiger partial charge in [0.25, 0.3) is 17.7 Å². The lowest BCUT2D eigenvalue weighted by molar-refractivity contribution is -0.138. The lowest BCUT2D eigenvalue weighted by atomic mass is 10.1. The molecule has 6 nitrogen and oxygen atoms in total. The van der Waals surface area contributed by atoms with Crippen molar-refractivity contribution in [2.45, 2.75) is 13.5 Å². The quantitative estimate of drug-likeness (QED) is 0.468. The van der Waals surface area contributed by atoms with Crippen molar-refractivity contribution < 1.29 is 14.4 Å². The molecule has 0 fully saturated rings. The molecular weight excluding hydrogens is 461 g/mol. The van der Waals surface area contributed by atoms with Crippen LogP contribution in [-0.4, -0.2) is 22.6 Å². The fourth-order valence-electron chi connectivity index (χ4n) is 3.37. The van der Waals surface area contributed by atoms with E-state index < -0.39 is 11.8 Å². The maximum Gasteiger partial charge on any atom is 0.279 e. The second-order valence-corrected chi connectivity index (χ2v) is 8.30. The predicted molar refractivity (Wildman–Crippen MR) is 129 cm³/mol. The van der Waals surface area contributed by atoms with Gasteiger partial charge in [0, 0.05) is 22.0 Å². The Morgan fingerprint density at radius 3 is 2.42 bits per heavy atom. The van der Waals surface area contributed by atoms with Crippen molar-refractivity contribution in [2.24, 2.45) is 0 Å². The number of carbonyl (C=O) groups is 3. The summed E-state index contributed by atoms with van der Waals surface area (Å²) in [6.07, 6.45) is 0. The molecule has 4 rings (SSSR count). The highest BCUT2D eigenvalue weighted by Gasteiger charge is 2.37. The number of hydrogen-bond donors (Lipinski definition) is 2. The average molecular weight is 480 g/mol. The van der Waals surface area contributed by atoms with E-state index in [4.69, 9.17) is 23.2 Å². The van der Waals surface area contributed by atoms with Crippen LogP contribution < -0.4 is 10.6 Å². The van der Waals surface area contributed by atoms with Crippen LogP contribution in [0.15, 0.2) is 83.5 Å². The minimum atomic E-state index is -0.571. The monoisotopic (exact) mass is 479 g/mol. The zero-order valence-electron chi connectivity index (χ0n) is 17.6. The van der Waals surface area contributed by atoms with Gasteiger partial charge in [-0.05, 0) is 48.4 Å². The van der Waals surface area contributed by atoms with Gasteiger partial charge in [-0.2, -0.15) is 0 Å². The number of carbonyl (C=O) groups excluding carboxylic acids is 3. The van der Waals surface area contributed by atoms with Crippen LogP contribution >= 0.6 is 23.2 Å². The molecule has 0 saturated heterocycles. The van der Waals surface area contributed by atoms with Gasteiger partial charge in [-0.15, -0.1) is 0 Å². The number of amides is 3. The number of nitrogens with zero attached hydrogens (tertiary/aromatic N) is 1. The molecule has 3 amide bonds. The summed E-state index contributed by atoms with van der Waals surface area (Å²) < 4.78 is 0. The Hall–Kier alpha value is -3.61. The average Bonchev–Trinajstić information content (AvgIpc) is 3.01. The first-order valence-electron chi connectivity index (χ1n) is 10.1. The summed E-state index contributed by atoms with van der Waals surface area (Å²) in [6, 6.07) is 20.9. The topological polar surface area (TPSA) is 78.5 Å². The SMILES string of the molecule is Cc1ccc(Cl)cc1NC(=O)c1cccc(NC2=C(Cl)C(=O)N(Cc3ccccc3)C2=O)c1. The van der Waals surface area contributed by atoms with Gasteiger partial charge >= 0.3 is 0 Å². The van der Waals surface area contributed by atoms with Crippen LogP contribution in [0.5, 0.6) is 0 Å². The summed E-state index contributed by atoms with van der Waals surface area (Å²) in [5.41, 5.74) is 3.05. The standard InChI is InChI=1S/C25H19Cl2N3O3/c1-15-10-11-18(26)13-20(15)29-23(31)17-8-5-9-19(12-17)28-22-21(27)24(32)30(25(22)33)14-16-6-3-2-4-7-16/h2-13,28H,14H2,1H3,(H,29,31). The Labute approximate surface area is 200 Å². The molecule has 8 heteroatoms. The number of aryl methyl sites for hydroxylation is 1. The summed E-state index contributed by atoms with van der Waals surface area (Å²) in [6.45, 7) is 1.98. The van der Waals surface area contributed by atoms with Gasteiger partial charge in [0.15, 0.2) is 0 Å². The van der Waals surface area contributed by atoms with E-state index >= 15 is 0 Å². The Bertz CT molecular complexity index is 1290. The summed E-state index contributed by atoms with van der Waals surface area (Å²) in [5, 5.41) is 6.05. The van der Waals surface area contributed by atoms with Crippen LogP contribution in [0.3, 0.4) is 0 Å². The van der Waals surface area contributed by atoms with E-state index in [0.29, 0.717) is 22.0 Å². The van der Waals surface area contributed by atoms with E-state index in [1.807, 2.05) is 43.3 Å². The Balaban J connectivity index is 1.51. The first-order valence-corrected chi connectivity index (χ1v) is 10.8. The summed E-state index contributed by atoms with van der Waals surface area (Å²) in [5.74, 6) is -1.44. The predicted octanol–water partition coefficient (Wildman–Crippen LogP) is 5.33. The van der Waals surface area contributed by atoms with Crippen LogP contribution in [0.1, 0.15) is 21.5 Å². The van der Waals surface area contributed by atoms with Crippen LogP contribution in [0, 0.1) is 6.92 Å². The third-order valence-electron chi connectivity index (χ3n) is 5.14. The fourth-order valence-corrected chi connectivity index (χ4v) is 3.77. The molecule has 0 radical (unpaired) electrons. The van der Waals surface area contributed by atoms with Crippen molar-refractivity contribution >= 4 is 52.3 Å². The van der Waals surface area contributed by atoms with E-state index in [1.165, 1.54) is 0 Å². The van der Waals surface area contributed by atoms with E-state index in [9.17, 15) is 14.4 Å². The molecule has 0 aliphatic carbocycles. The molecule has 0 atom stereocenters. The van der Waals surface area contributed by atoms with Crippen molar-refractivity contribution in [3.05, 3.63) is 105 Å². The molecule has 166 valence electrons. The minimum Gasteiger partial charge on any atom is -0.350 e. The highest BCUT2D eigenvalue weighted by atomic mass is 35.5. The van der Waals surface area contributed by atoms with Crippen molar-refractivity contribution in [3.63, 3.8) is 0 Å². The minimum absolute atomic E-state index is 0.0270. The first-order chi connectivity index (χ1) is 15.8. The van der Waals surface area contributed by atoms with Gasteiger partial charge < -0.3 is 10.6 Å². The highest BCUT2D eigenvalue weighted by molar-refractivity contribution is 6.48. The Morgan fingerprint density at radius 1 is 0.909 bits per heavy atom. The van der Waals surface area contributed by atoms with E-state index in [1.54, 1.807) is 36.4 Å². The molecule has 3 aromatic rings. The molecule has 1 aliphatic rings. The Morgan fingerprint density at radius 2 is 1.67 bits per heavy atom. The van der Waals surface area contributed by atoms with E-state index in [0.717, 1.165) is 16.0 Å². The smallest absolute Gasteiger partial charge is 0.279 e. The maximum atomic E-state index is 12.9. The summed E-state index contributed by atoms with van der Waals surface area (Å²) in [7, 11) is 0. The summed E-state index contributed by atoms with van der Waals surface area (Å²) in [4.78, 5) is 39.3. The molecule has 0 bridgehead atoms. The number of benzene rings is 3. The number of anilines is 2. The maximum absolute atomic E-state index is 12.9. The number of hydrogen-bond acceptors (Lipinski definition) is 4. The fraction of sp³-hybridized carbons (Fsp3) is 0.0800. The molecule has 2 N–H and O–H groups in total. The second-order valence-electron chi connectivity index (χ2n) is 7.49. The molecule has 3 aromatic carbocycles. The third kappa shape index (κ3) is 4.92. The van der Waals surface area contributed by atoms with Crippen LogP contribution in [0.4, 0.5) is 11.4 Å². The largest absolute Gasteiger partial charge is 0.350 e. The van der Waals surface area contributed by atoms with Crippen molar-refractivity contribution in [1.29, 1.82) is 0 Å². The van der Waals surface area contributed by atoms with E-state index in [2.05, 4.69) is 10.6 Å². The highest BCUT2D eigenvalue weighted by Crippen LogP contribution is 2.28. The molecule has 33 heavy (non-hydrogen) atoms. The first kappa shape index (κ1) is 22.6. The molecule has 1 aliphatic heterocycles. The van der Waals surface area contributed by atoms with Gasteiger partial charge in [-0.1, -0.05) is 65.7 Å². The second kappa shape index (κ2) is 9.48. The number of imide groups is 1. The molecule has 0 aromatic heterocycles. The lowest BCUT2D eigenvalue weighted by Crippen LogP contribution is -2.31. The molecule has 0 spiro atoms. The number of halogens is 2. The van der Waals surface area contributed by atoms with E-state index in [-0.39, 0.29) is 23.2 Å². The molecule has 0 unspecified atom stereocenters. The molecule has 1 heterocycles. The van der Waals surface area contributed by atoms with Crippen molar-refractivity contribution in [1.82, 2.24) is 4.90 Å². The van der Waals surface area contributed by atoms with Crippen LogP contribution in [0.2, 0.25) is 5.02 Å². The number of rotatable bonds is 6. The normalized spacial score (nSPS) is 13.5. The summed E-state index contributed by atoms with van der Waals surface area (Å²) >= 11 is 12.2. The van der Waals surface area contributed by atoms with Gasteiger partial charge in [-0.25, -0.2) is 0 Å². The molecular formula is C25H19Cl2N3O3. The Kier molecular flexibility index (Phi) is 6.49. The van der Waals surface area contributed by atoms with Crippen LogP contribution in [-0.2, 0) is 16.1 Å². The van der Waals surface area contributed by atoms with Gasteiger partial charge in [0.05, 0.1) is 6.54 Å². The van der Waals surface area contributed by atoms with Gasteiger partial charge in [0.1, 0.15) is 10.7 Å².